The molecule has 16 nitrogen and oxygen atoms in total. The molecule has 8 aliphatic carbocycles. The summed E-state index contributed by atoms with van der Waals surface area (Å²) in [6.07, 6.45) is 8.87. The molecule has 9 rings (SSSR count). The van der Waals surface area contributed by atoms with E-state index >= 15 is 0 Å². The van der Waals surface area contributed by atoms with Crippen LogP contribution in [-0.4, -0.2) is 82.0 Å². The predicted octanol–water partition coefficient (Wildman–Crippen LogP) is 9.78. The van der Waals surface area contributed by atoms with Crippen LogP contribution in [0.5, 0.6) is 0 Å². The molecule has 8 saturated carbocycles. The van der Waals surface area contributed by atoms with Crippen LogP contribution in [0.4, 0.5) is 0 Å². The van der Waals surface area contributed by atoms with Crippen molar-refractivity contribution in [3.8, 4) is 0 Å². The number of carbonyl (C=O) groups excluding carboxylic acids is 4. The number of carbonyl (C=O) groups is 6. The SMILES string of the molecule is CC(=O)O[C@H]1C[C@H]2[C@@H]([C@H](OC(C)=O)C[C@@H]3CC4(CC[C@@]32C)OOC2(CC[C@@]3(C)[C@H](C[C@@H](OC(C)=O)[C@@H]5[C@@H]3C[C@H](OC(C)=O)[C@]3(C)[C@@H](C(C)CCC(=O)O)CC[C@@H]53)C2)OO4)[C@@H]2CC[C@H](C(C)CCC(=O)O)[C@@]12C. The van der Waals surface area contributed by atoms with Crippen LogP contribution >= 0.6 is 0 Å². The molecule has 404 valence electrons. The maximum Gasteiger partial charge on any atom is 0.303 e. The zero-order chi connectivity index (χ0) is 52.1. The number of carboxylic acid groups (broad SMARTS) is 2. The van der Waals surface area contributed by atoms with Crippen molar-refractivity contribution in [3.05, 3.63) is 0 Å². The van der Waals surface area contributed by atoms with Crippen molar-refractivity contribution in [2.75, 3.05) is 0 Å². The summed E-state index contributed by atoms with van der Waals surface area (Å²) < 4.78 is 25.3. The number of rotatable bonds is 12. The highest BCUT2D eigenvalue weighted by Crippen LogP contribution is 2.73. The third-order valence-corrected chi connectivity index (χ3v) is 22.6. The van der Waals surface area contributed by atoms with E-state index in [2.05, 4.69) is 41.5 Å². The average molecular weight is 1010 g/mol. The molecule has 1 heterocycles. The van der Waals surface area contributed by atoms with Crippen LogP contribution in [0.25, 0.3) is 0 Å². The molecule has 1 aliphatic heterocycles. The van der Waals surface area contributed by atoms with Crippen molar-refractivity contribution in [1.82, 2.24) is 0 Å². The summed E-state index contributed by atoms with van der Waals surface area (Å²) in [5, 5.41) is 19.1. The Bertz CT molecular complexity index is 1970. The number of fused-ring (bicyclic) bond motifs is 10. The molecule has 0 aromatic rings. The summed E-state index contributed by atoms with van der Waals surface area (Å²) in [6, 6.07) is 0. The van der Waals surface area contributed by atoms with E-state index in [1.54, 1.807) is 0 Å². The monoisotopic (exact) mass is 1010 g/mol. The molecule has 9 aliphatic rings. The van der Waals surface area contributed by atoms with E-state index in [1.807, 2.05) is 0 Å². The van der Waals surface area contributed by atoms with Crippen LogP contribution in [0.1, 0.15) is 185 Å². The molecule has 0 bridgehead atoms. The van der Waals surface area contributed by atoms with Gasteiger partial charge in [-0.25, -0.2) is 0 Å². The van der Waals surface area contributed by atoms with Gasteiger partial charge in [-0.3, -0.25) is 28.8 Å². The van der Waals surface area contributed by atoms with Crippen LogP contribution < -0.4 is 0 Å². The molecule has 0 aromatic heterocycles. The minimum Gasteiger partial charge on any atom is -0.481 e. The Kier molecular flexibility index (Phi) is 14.4. The van der Waals surface area contributed by atoms with Crippen molar-refractivity contribution in [3.63, 3.8) is 0 Å². The second-order valence-corrected chi connectivity index (χ2v) is 25.9. The van der Waals surface area contributed by atoms with Gasteiger partial charge in [0.2, 0.25) is 11.6 Å². The highest BCUT2D eigenvalue weighted by Gasteiger charge is 2.72. The number of hydrogen-bond acceptors (Lipinski definition) is 14. The Morgan fingerprint density at radius 1 is 0.500 bits per heavy atom. The molecule has 9 fully saturated rings. The van der Waals surface area contributed by atoms with Crippen molar-refractivity contribution in [2.45, 2.75) is 221 Å². The van der Waals surface area contributed by atoms with Gasteiger partial charge in [-0.15, -0.1) is 0 Å². The van der Waals surface area contributed by atoms with E-state index in [1.165, 1.54) is 27.7 Å². The van der Waals surface area contributed by atoms with E-state index in [4.69, 9.17) is 38.5 Å². The molecule has 20 atom stereocenters. The Labute approximate surface area is 425 Å². The molecular formula is C56H84O16. The minimum absolute atomic E-state index is 0.0220. The van der Waals surface area contributed by atoms with E-state index < -0.39 is 46.6 Å². The van der Waals surface area contributed by atoms with Gasteiger partial charge in [-0.05, 0) is 147 Å². The lowest BCUT2D eigenvalue weighted by Gasteiger charge is -2.66. The topological polar surface area (TPSA) is 217 Å². The lowest BCUT2D eigenvalue weighted by atomic mass is 9.42. The van der Waals surface area contributed by atoms with Crippen LogP contribution in [0.15, 0.2) is 0 Å². The Hall–Kier alpha value is -3.34. The van der Waals surface area contributed by atoms with Gasteiger partial charge in [-0.1, -0.05) is 41.5 Å². The smallest absolute Gasteiger partial charge is 0.303 e. The van der Waals surface area contributed by atoms with Gasteiger partial charge in [-0.2, -0.15) is 19.6 Å². The first-order valence-corrected chi connectivity index (χ1v) is 27.6. The van der Waals surface area contributed by atoms with Crippen molar-refractivity contribution < 1.29 is 77.5 Å². The summed E-state index contributed by atoms with van der Waals surface area (Å²) in [7, 11) is 0. The molecule has 0 aromatic carbocycles. The number of hydrogen-bond donors (Lipinski definition) is 2. The number of esters is 4. The first-order valence-electron chi connectivity index (χ1n) is 27.6. The summed E-state index contributed by atoms with van der Waals surface area (Å²) in [5.74, 6) is -4.67. The lowest BCUT2D eigenvalue weighted by molar-refractivity contribution is -0.667. The third-order valence-electron chi connectivity index (χ3n) is 22.6. The summed E-state index contributed by atoms with van der Waals surface area (Å²) in [5.41, 5.74) is -1.36. The average Bonchev–Trinajstić information content (AvgIpc) is 3.85. The quantitative estimate of drug-likeness (QED) is 0.106. The van der Waals surface area contributed by atoms with Gasteiger partial charge >= 0.3 is 35.8 Å². The Morgan fingerprint density at radius 3 is 1.17 bits per heavy atom. The fourth-order valence-corrected chi connectivity index (χ4v) is 19.3. The van der Waals surface area contributed by atoms with Crippen LogP contribution in [0.2, 0.25) is 0 Å². The minimum atomic E-state index is -1.22. The normalized spacial score (nSPS) is 47.8. The highest BCUT2D eigenvalue weighted by molar-refractivity contribution is 5.68. The predicted molar refractivity (Wildman–Crippen MR) is 256 cm³/mol. The first kappa shape index (κ1) is 53.5. The summed E-state index contributed by atoms with van der Waals surface area (Å²) >= 11 is 0. The summed E-state index contributed by atoms with van der Waals surface area (Å²) in [4.78, 5) is 101. The highest BCUT2D eigenvalue weighted by atomic mass is 17.4. The van der Waals surface area contributed by atoms with E-state index in [0.29, 0.717) is 77.0 Å². The fourth-order valence-electron chi connectivity index (χ4n) is 19.3. The molecular weight excluding hydrogens is 929 g/mol. The van der Waals surface area contributed by atoms with E-state index in [-0.39, 0.29) is 131 Å². The van der Waals surface area contributed by atoms with Crippen LogP contribution in [0.3, 0.4) is 0 Å². The fraction of sp³-hybridized carbons (Fsp3) is 0.893. The van der Waals surface area contributed by atoms with Crippen molar-refractivity contribution >= 4 is 35.8 Å². The maximum atomic E-state index is 13.0. The molecule has 0 amide bonds. The standard InChI is InChI=1S/C56H84O16/c1-29(11-17-47(61)62)37-13-15-39-49-41(25-45(53(37,39)9)67-33(5)59)51(7)19-21-55(27-35(51)23-43(49)65-31(3)57)69-71-56(72-70-55)22-20-52(8)36(28-56)24-44(66-32(4)58)50-40-16-14-38(30(2)12-18-48(63)64)54(40,10)46(26-42(50)52)68-34(6)60/h29-30,35-46,49-50H,11-28H2,1-10H3,(H,61,62)(H,63,64)/t29?,30?,35-,36-,37-,38-,39+,40+,41+,42+,43-,44-,45+,46+,49+,50+,51+,52+,53-,54-,55?,56?/m1/s1. The second kappa shape index (κ2) is 19.3. The molecule has 72 heavy (non-hydrogen) atoms. The van der Waals surface area contributed by atoms with Gasteiger partial charge in [0.1, 0.15) is 24.4 Å². The summed E-state index contributed by atoms with van der Waals surface area (Å²) in [6.45, 7) is 19.2. The molecule has 2 unspecified atom stereocenters. The number of aliphatic carboxylic acids is 2. The first-order chi connectivity index (χ1) is 33.8. The lowest BCUT2D eigenvalue weighted by Crippen LogP contribution is -2.66. The molecule has 1 saturated heterocycles. The Morgan fingerprint density at radius 2 is 0.847 bits per heavy atom. The second-order valence-electron chi connectivity index (χ2n) is 25.9. The zero-order valence-corrected chi connectivity index (χ0v) is 44.6. The van der Waals surface area contributed by atoms with Gasteiger partial charge in [0.15, 0.2) is 0 Å². The van der Waals surface area contributed by atoms with Gasteiger partial charge in [0.25, 0.3) is 0 Å². The largest absolute Gasteiger partial charge is 0.481 e. The zero-order valence-electron chi connectivity index (χ0n) is 44.6. The molecule has 2 spiro atoms. The number of ether oxygens (including phenoxy) is 4. The van der Waals surface area contributed by atoms with Gasteiger partial charge < -0.3 is 29.2 Å². The van der Waals surface area contributed by atoms with E-state index in [0.717, 1.165) is 25.7 Å². The third kappa shape index (κ3) is 9.00. The maximum absolute atomic E-state index is 13.0. The molecule has 0 radical (unpaired) electrons. The molecule has 16 heteroatoms. The van der Waals surface area contributed by atoms with Crippen LogP contribution in [-0.2, 0) is 67.3 Å². The molecule has 2 N–H and O–H groups in total. The van der Waals surface area contributed by atoms with Crippen LogP contribution in [0, 0.1) is 92.7 Å². The Balaban J connectivity index is 0.934. The van der Waals surface area contributed by atoms with Gasteiger partial charge in [0.05, 0.1) is 0 Å². The number of carboxylic acids is 2. The van der Waals surface area contributed by atoms with Crippen molar-refractivity contribution in [2.24, 2.45) is 92.7 Å². The van der Waals surface area contributed by atoms with Gasteiger partial charge in [0, 0.05) is 88.9 Å². The van der Waals surface area contributed by atoms with Crippen molar-refractivity contribution in [1.29, 1.82) is 0 Å². The van der Waals surface area contributed by atoms with E-state index in [9.17, 15) is 39.0 Å².